The zero-order valence-electron chi connectivity index (χ0n) is 20.7. The van der Waals surface area contributed by atoms with Crippen LogP contribution >= 0.6 is 11.6 Å². The van der Waals surface area contributed by atoms with Crippen molar-refractivity contribution in [3.8, 4) is 17.2 Å². The van der Waals surface area contributed by atoms with Crippen LogP contribution < -0.4 is 15.0 Å². The first-order chi connectivity index (χ1) is 17.6. The Kier molecular flexibility index (Phi) is 8.24. The highest BCUT2D eigenvalue weighted by Gasteiger charge is 2.26. The van der Waals surface area contributed by atoms with Crippen molar-refractivity contribution in [3.05, 3.63) is 81.7 Å². The van der Waals surface area contributed by atoms with Gasteiger partial charge in [-0.2, -0.15) is 0 Å². The van der Waals surface area contributed by atoms with Crippen LogP contribution in [0.2, 0.25) is 5.02 Å². The number of nitrogens with zero attached hydrogens (tertiary/aromatic N) is 2. The van der Waals surface area contributed by atoms with E-state index in [0.29, 0.717) is 48.1 Å². The van der Waals surface area contributed by atoms with Crippen molar-refractivity contribution in [1.82, 2.24) is 9.47 Å². The van der Waals surface area contributed by atoms with Crippen LogP contribution in [-0.2, 0) is 16.3 Å². The first-order valence-corrected chi connectivity index (χ1v) is 14.4. The van der Waals surface area contributed by atoms with Gasteiger partial charge in [0.1, 0.15) is 11.9 Å². The van der Waals surface area contributed by atoms with E-state index in [0.717, 1.165) is 24.7 Å². The first-order valence-electron chi connectivity index (χ1n) is 12.1. The van der Waals surface area contributed by atoms with Crippen LogP contribution in [0.5, 0.6) is 11.5 Å². The number of hydrogen-bond donors (Lipinski definition) is 0. The molecular weight excluding hydrogens is 516 g/mol. The Bertz CT molecular complexity index is 1430. The monoisotopic (exact) mass is 544 g/mol. The number of ether oxygens (including phenoxy) is 2. The summed E-state index contributed by atoms with van der Waals surface area (Å²) >= 11 is 6.28. The van der Waals surface area contributed by atoms with Gasteiger partial charge in [0.2, 0.25) is 0 Å². The Labute approximate surface area is 221 Å². The quantitative estimate of drug-likeness (QED) is 0.420. The fourth-order valence-corrected chi connectivity index (χ4v) is 5.05. The summed E-state index contributed by atoms with van der Waals surface area (Å²) in [5, 5.41) is 0.415. The van der Waals surface area contributed by atoms with Gasteiger partial charge in [-0.1, -0.05) is 31.0 Å². The Balaban J connectivity index is 1.32. The highest BCUT2D eigenvalue weighted by Crippen LogP contribution is 2.27. The number of aromatic nitrogens is 1. The van der Waals surface area contributed by atoms with Gasteiger partial charge in [-0.15, -0.1) is 0 Å². The summed E-state index contributed by atoms with van der Waals surface area (Å²) < 4.78 is 36.2. The molecule has 0 unspecified atom stereocenters. The second kappa shape index (κ2) is 11.4. The summed E-state index contributed by atoms with van der Waals surface area (Å²) in [6, 6.07) is 14.7. The molecule has 1 fully saturated rings. The summed E-state index contributed by atoms with van der Waals surface area (Å²) in [6.45, 7) is 3.00. The number of hydrogen-bond acceptors (Lipinski definition) is 6. The standard InChI is InChI=1S/C27H29ClN2O6S/c1-3-4-19-5-10-25(24(28)17-19)36-27(32)29-14-11-21(12-15-29)35-22-13-16-30(26(31)18-22)20-6-8-23(9-7-20)37(2,33)34/h5-10,13,16-18,21H,3-4,11-12,14-15H2,1-2H3. The fourth-order valence-electron chi connectivity index (χ4n) is 4.18. The molecule has 1 aliphatic heterocycles. The molecule has 0 N–H and O–H groups in total. The van der Waals surface area contributed by atoms with Crippen LogP contribution in [0.25, 0.3) is 5.69 Å². The number of carbonyl (C=O) groups is 1. The maximum absolute atomic E-state index is 12.6. The van der Waals surface area contributed by atoms with Gasteiger partial charge in [-0.05, 0) is 54.4 Å². The molecule has 1 aromatic heterocycles. The molecule has 4 rings (SSSR count). The number of piperidine rings is 1. The van der Waals surface area contributed by atoms with Crippen LogP contribution in [0.3, 0.4) is 0 Å². The van der Waals surface area contributed by atoms with E-state index in [-0.39, 0.29) is 16.6 Å². The number of sulfone groups is 1. The zero-order chi connectivity index (χ0) is 26.6. The summed E-state index contributed by atoms with van der Waals surface area (Å²) in [6.07, 6.45) is 5.23. The molecule has 1 amide bonds. The molecule has 0 bridgehead atoms. The maximum Gasteiger partial charge on any atom is 0.415 e. The molecule has 37 heavy (non-hydrogen) atoms. The highest BCUT2D eigenvalue weighted by molar-refractivity contribution is 7.90. The first kappa shape index (κ1) is 26.8. The van der Waals surface area contributed by atoms with Gasteiger partial charge >= 0.3 is 6.09 Å². The van der Waals surface area contributed by atoms with E-state index < -0.39 is 15.9 Å². The predicted molar refractivity (Wildman–Crippen MR) is 142 cm³/mol. The number of likely N-dealkylation sites (tertiary alicyclic amines) is 1. The average molecular weight is 545 g/mol. The van der Waals surface area contributed by atoms with E-state index in [9.17, 15) is 18.0 Å². The summed E-state index contributed by atoms with van der Waals surface area (Å²) in [5.41, 5.74) is 1.35. The normalized spacial score (nSPS) is 14.4. The molecule has 1 saturated heterocycles. The van der Waals surface area contributed by atoms with Gasteiger partial charge < -0.3 is 14.4 Å². The molecule has 3 aromatic rings. The molecule has 2 heterocycles. The molecule has 0 aliphatic carbocycles. The molecule has 0 atom stereocenters. The summed E-state index contributed by atoms with van der Waals surface area (Å²) in [7, 11) is -3.31. The molecule has 0 saturated carbocycles. The number of rotatable bonds is 7. The third kappa shape index (κ3) is 6.72. The Morgan fingerprint density at radius 1 is 1.05 bits per heavy atom. The van der Waals surface area contributed by atoms with Crippen LogP contribution in [0.1, 0.15) is 31.7 Å². The van der Waals surface area contributed by atoms with E-state index in [4.69, 9.17) is 21.1 Å². The van der Waals surface area contributed by atoms with Crippen molar-refractivity contribution in [2.75, 3.05) is 19.3 Å². The minimum atomic E-state index is -3.31. The van der Waals surface area contributed by atoms with Gasteiger partial charge in [0.15, 0.2) is 15.6 Å². The number of amides is 1. The lowest BCUT2D eigenvalue weighted by Gasteiger charge is -2.31. The third-order valence-electron chi connectivity index (χ3n) is 6.17. The predicted octanol–water partition coefficient (Wildman–Crippen LogP) is 4.89. The van der Waals surface area contributed by atoms with E-state index in [1.807, 2.05) is 12.1 Å². The van der Waals surface area contributed by atoms with E-state index in [1.54, 1.807) is 35.4 Å². The third-order valence-corrected chi connectivity index (χ3v) is 7.59. The highest BCUT2D eigenvalue weighted by atomic mass is 35.5. The van der Waals surface area contributed by atoms with Crippen molar-refractivity contribution >= 4 is 27.5 Å². The lowest BCUT2D eigenvalue weighted by atomic mass is 10.1. The molecular formula is C27H29ClN2O6S. The largest absolute Gasteiger partial charge is 0.490 e. The lowest BCUT2D eigenvalue weighted by molar-refractivity contribution is 0.0929. The van der Waals surface area contributed by atoms with Crippen molar-refractivity contribution in [2.45, 2.75) is 43.6 Å². The van der Waals surface area contributed by atoms with E-state index >= 15 is 0 Å². The summed E-state index contributed by atoms with van der Waals surface area (Å²) in [4.78, 5) is 27.1. The van der Waals surface area contributed by atoms with Gasteiger partial charge in [-0.3, -0.25) is 9.36 Å². The van der Waals surface area contributed by atoms with Gasteiger partial charge in [0, 0.05) is 50.1 Å². The molecule has 196 valence electrons. The lowest BCUT2D eigenvalue weighted by Crippen LogP contribution is -2.43. The van der Waals surface area contributed by atoms with Crippen LogP contribution in [0, 0.1) is 0 Å². The Morgan fingerprint density at radius 3 is 2.35 bits per heavy atom. The second-order valence-electron chi connectivity index (χ2n) is 9.02. The number of carbonyl (C=O) groups excluding carboxylic acids is 1. The molecule has 2 aromatic carbocycles. The number of halogens is 1. The average Bonchev–Trinajstić information content (AvgIpc) is 2.86. The summed E-state index contributed by atoms with van der Waals surface area (Å²) in [5.74, 6) is 0.783. The molecule has 0 spiro atoms. The van der Waals surface area contributed by atoms with E-state index in [2.05, 4.69) is 6.92 Å². The smallest absolute Gasteiger partial charge is 0.415 e. The second-order valence-corrected chi connectivity index (χ2v) is 11.4. The fraction of sp³-hybridized carbons (Fsp3) is 0.333. The van der Waals surface area contributed by atoms with Crippen molar-refractivity contribution in [3.63, 3.8) is 0 Å². The number of pyridine rings is 1. The van der Waals surface area contributed by atoms with Crippen molar-refractivity contribution in [2.24, 2.45) is 0 Å². The van der Waals surface area contributed by atoms with Crippen LogP contribution in [0.4, 0.5) is 4.79 Å². The topological polar surface area (TPSA) is 94.9 Å². The van der Waals surface area contributed by atoms with Crippen molar-refractivity contribution in [1.29, 1.82) is 0 Å². The van der Waals surface area contributed by atoms with E-state index in [1.165, 1.54) is 22.8 Å². The Hall–Kier alpha value is -3.30. The minimum Gasteiger partial charge on any atom is -0.490 e. The molecule has 0 radical (unpaired) electrons. The Morgan fingerprint density at radius 2 is 1.76 bits per heavy atom. The molecule has 8 nitrogen and oxygen atoms in total. The van der Waals surface area contributed by atoms with Crippen LogP contribution in [-0.4, -0.2) is 49.4 Å². The minimum absolute atomic E-state index is 0.148. The number of benzene rings is 2. The molecule has 1 aliphatic rings. The number of aryl methyl sites for hydroxylation is 1. The SMILES string of the molecule is CCCc1ccc(OC(=O)N2CCC(Oc3ccn(-c4ccc(S(C)(=O)=O)cc4)c(=O)c3)CC2)c(Cl)c1. The van der Waals surface area contributed by atoms with Gasteiger partial charge in [0.25, 0.3) is 5.56 Å². The van der Waals surface area contributed by atoms with Gasteiger partial charge in [0.05, 0.1) is 9.92 Å². The van der Waals surface area contributed by atoms with Crippen LogP contribution in [0.15, 0.2) is 70.5 Å². The van der Waals surface area contributed by atoms with Crippen molar-refractivity contribution < 1.29 is 22.7 Å². The molecule has 10 heteroatoms. The zero-order valence-corrected chi connectivity index (χ0v) is 22.3. The van der Waals surface area contributed by atoms with Gasteiger partial charge in [-0.25, -0.2) is 13.2 Å². The maximum atomic E-state index is 12.6.